The van der Waals surface area contributed by atoms with Crippen LogP contribution in [0.4, 0.5) is 13.2 Å². The summed E-state index contributed by atoms with van der Waals surface area (Å²) in [5.74, 6) is -0.941. The number of nitrogens with one attached hydrogen (secondary N) is 1. The van der Waals surface area contributed by atoms with Crippen molar-refractivity contribution in [3.63, 3.8) is 0 Å². The standard InChI is InChI=1S/C12H12F3N5OS/c1-8-3-2-4-9(5-8)20-11(17-18-19-20)22-6-10(21)16-7-12(13,14)15/h2-5H,6-7H2,1H3,(H,16,21). The van der Waals surface area contributed by atoms with Crippen molar-refractivity contribution in [1.82, 2.24) is 25.5 Å². The first kappa shape index (κ1) is 16.3. The number of amides is 1. The Balaban J connectivity index is 1.98. The highest BCUT2D eigenvalue weighted by molar-refractivity contribution is 7.99. The smallest absolute Gasteiger partial charge is 0.346 e. The fraction of sp³-hybridized carbons (Fsp3) is 0.333. The molecule has 0 saturated carbocycles. The van der Waals surface area contributed by atoms with Crippen molar-refractivity contribution in [3.8, 4) is 5.69 Å². The van der Waals surface area contributed by atoms with Crippen LogP contribution in [-0.4, -0.2) is 44.6 Å². The molecule has 10 heteroatoms. The van der Waals surface area contributed by atoms with Crippen molar-refractivity contribution in [1.29, 1.82) is 0 Å². The summed E-state index contributed by atoms with van der Waals surface area (Å²) in [7, 11) is 0. The normalized spacial score (nSPS) is 11.5. The molecule has 2 aromatic rings. The molecule has 0 unspecified atom stereocenters. The number of carbonyl (C=O) groups is 1. The summed E-state index contributed by atoms with van der Waals surface area (Å²) >= 11 is 0.961. The molecule has 0 aliphatic heterocycles. The van der Waals surface area contributed by atoms with Gasteiger partial charge in [0.25, 0.3) is 0 Å². The van der Waals surface area contributed by atoms with Gasteiger partial charge in [0.15, 0.2) is 0 Å². The molecule has 0 fully saturated rings. The lowest BCUT2D eigenvalue weighted by Crippen LogP contribution is -2.34. The van der Waals surface area contributed by atoms with Gasteiger partial charge in [0.2, 0.25) is 11.1 Å². The maximum atomic E-state index is 12.0. The van der Waals surface area contributed by atoms with Crippen molar-refractivity contribution in [3.05, 3.63) is 29.8 Å². The predicted octanol–water partition coefficient (Wildman–Crippen LogP) is 1.74. The number of aromatic nitrogens is 4. The number of halogens is 3. The minimum atomic E-state index is -4.43. The van der Waals surface area contributed by atoms with Crippen LogP contribution >= 0.6 is 11.8 Å². The van der Waals surface area contributed by atoms with E-state index in [0.717, 1.165) is 17.3 Å². The van der Waals surface area contributed by atoms with Crippen LogP contribution in [0.1, 0.15) is 5.56 Å². The Bertz CT molecular complexity index is 658. The zero-order valence-corrected chi connectivity index (χ0v) is 12.3. The van der Waals surface area contributed by atoms with E-state index < -0.39 is 18.6 Å². The maximum absolute atomic E-state index is 12.0. The number of alkyl halides is 3. The number of carbonyl (C=O) groups excluding carboxylic acids is 1. The lowest BCUT2D eigenvalue weighted by Gasteiger charge is -2.08. The molecule has 2 rings (SSSR count). The number of tetrazole rings is 1. The summed E-state index contributed by atoms with van der Waals surface area (Å²) in [5, 5.41) is 13.2. The van der Waals surface area contributed by atoms with E-state index in [0.29, 0.717) is 10.8 Å². The Morgan fingerprint density at radius 2 is 2.18 bits per heavy atom. The van der Waals surface area contributed by atoms with Crippen LogP contribution in [0.2, 0.25) is 0 Å². The number of benzene rings is 1. The molecule has 1 heterocycles. The van der Waals surface area contributed by atoms with Crippen LogP contribution in [0, 0.1) is 6.92 Å². The number of nitrogens with zero attached hydrogens (tertiary/aromatic N) is 4. The van der Waals surface area contributed by atoms with E-state index in [1.165, 1.54) is 4.68 Å². The van der Waals surface area contributed by atoms with Crippen molar-refractivity contribution >= 4 is 17.7 Å². The second kappa shape index (κ2) is 6.77. The highest BCUT2D eigenvalue weighted by Crippen LogP contribution is 2.19. The van der Waals surface area contributed by atoms with Gasteiger partial charge in [-0.25, -0.2) is 0 Å². The lowest BCUT2D eigenvalue weighted by atomic mass is 10.2. The van der Waals surface area contributed by atoms with Crippen LogP contribution in [-0.2, 0) is 4.79 Å². The summed E-state index contributed by atoms with van der Waals surface area (Å²) < 4.78 is 37.4. The first-order valence-electron chi connectivity index (χ1n) is 6.17. The van der Waals surface area contributed by atoms with Gasteiger partial charge in [0.05, 0.1) is 11.4 Å². The molecule has 0 radical (unpaired) electrons. The zero-order valence-electron chi connectivity index (χ0n) is 11.5. The van der Waals surface area contributed by atoms with Gasteiger partial charge in [-0.05, 0) is 35.0 Å². The SMILES string of the molecule is Cc1cccc(-n2nnnc2SCC(=O)NCC(F)(F)F)c1. The molecule has 1 aromatic carbocycles. The third-order valence-corrected chi connectivity index (χ3v) is 3.42. The average Bonchev–Trinajstić information content (AvgIpc) is 2.90. The van der Waals surface area contributed by atoms with E-state index >= 15 is 0 Å². The molecule has 1 aromatic heterocycles. The molecule has 0 spiro atoms. The van der Waals surface area contributed by atoms with Crippen LogP contribution in [0.5, 0.6) is 0 Å². The van der Waals surface area contributed by atoms with Crippen LogP contribution in [0.15, 0.2) is 29.4 Å². The van der Waals surface area contributed by atoms with E-state index in [4.69, 9.17) is 0 Å². The van der Waals surface area contributed by atoms with Crippen LogP contribution in [0.25, 0.3) is 5.69 Å². The molecule has 6 nitrogen and oxygen atoms in total. The Labute approximate surface area is 128 Å². The predicted molar refractivity (Wildman–Crippen MR) is 73.7 cm³/mol. The highest BCUT2D eigenvalue weighted by Gasteiger charge is 2.27. The van der Waals surface area contributed by atoms with E-state index in [2.05, 4.69) is 15.5 Å². The third-order valence-electron chi connectivity index (χ3n) is 2.51. The van der Waals surface area contributed by atoms with Gasteiger partial charge >= 0.3 is 6.18 Å². The van der Waals surface area contributed by atoms with Crippen LogP contribution in [0.3, 0.4) is 0 Å². The van der Waals surface area contributed by atoms with Gasteiger partial charge in [-0.3, -0.25) is 4.79 Å². The van der Waals surface area contributed by atoms with Gasteiger partial charge < -0.3 is 5.32 Å². The molecular formula is C12H12F3N5OS. The second-order valence-corrected chi connectivity index (χ2v) is 5.34. The lowest BCUT2D eigenvalue weighted by molar-refractivity contribution is -0.136. The molecule has 1 amide bonds. The van der Waals surface area contributed by atoms with Crippen molar-refractivity contribution in [2.45, 2.75) is 18.3 Å². The van der Waals surface area contributed by atoms with Gasteiger partial charge in [-0.2, -0.15) is 17.9 Å². The quantitative estimate of drug-likeness (QED) is 0.845. The summed E-state index contributed by atoms with van der Waals surface area (Å²) in [6.45, 7) is 0.556. The van der Waals surface area contributed by atoms with E-state index in [1.807, 2.05) is 25.1 Å². The minimum absolute atomic E-state index is 0.206. The molecule has 118 valence electrons. The summed E-state index contributed by atoms with van der Waals surface area (Å²) in [5.41, 5.74) is 1.72. The molecule has 0 bridgehead atoms. The third kappa shape index (κ3) is 4.72. The van der Waals surface area contributed by atoms with Crippen molar-refractivity contribution in [2.75, 3.05) is 12.3 Å². The first-order valence-corrected chi connectivity index (χ1v) is 7.15. The van der Waals surface area contributed by atoms with Gasteiger partial charge in [0.1, 0.15) is 6.54 Å². The Hall–Kier alpha value is -2.10. The molecule has 1 N–H and O–H groups in total. The number of hydrogen-bond acceptors (Lipinski definition) is 5. The largest absolute Gasteiger partial charge is 0.405 e. The molecular weight excluding hydrogens is 319 g/mol. The fourth-order valence-electron chi connectivity index (χ4n) is 1.57. The number of aryl methyl sites for hydroxylation is 1. The Kier molecular flexibility index (Phi) is 5.01. The summed E-state index contributed by atoms with van der Waals surface area (Å²) in [4.78, 5) is 11.4. The first-order chi connectivity index (χ1) is 10.3. The molecule has 22 heavy (non-hydrogen) atoms. The van der Waals surface area contributed by atoms with E-state index in [9.17, 15) is 18.0 Å². The Morgan fingerprint density at radius 1 is 1.41 bits per heavy atom. The van der Waals surface area contributed by atoms with E-state index in [1.54, 1.807) is 11.4 Å². The summed E-state index contributed by atoms with van der Waals surface area (Å²) in [6.07, 6.45) is -4.43. The average molecular weight is 331 g/mol. The number of thioether (sulfide) groups is 1. The molecule has 0 saturated heterocycles. The second-order valence-electron chi connectivity index (χ2n) is 4.39. The Morgan fingerprint density at radius 3 is 2.86 bits per heavy atom. The highest BCUT2D eigenvalue weighted by atomic mass is 32.2. The zero-order chi connectivity index (χ0) is 16.2. The van der Waals surface area contributed by atoms with Crippen LogP contribution < -0.4 is 5.32 Å². The van der Waals surface area contributed by atoms with Gasteiger partial charge in [0, 0.05) is 0 Å². The van der Waals surface area contributed by atoms with Crippen molar-refractivity contribution in [2.24, 2.45) is 0 Å². The monoisotopic (exact) mass is 331 g/mol. The molecule has 0 aliphatic carbocycles. The topological polar surface area (TPSA) is 72.7 Å². The van der Waals surface area contributed by atoms with E-state index in [-0.39, 0.29) is 5.75 Å². The molecule has 0 atom stereocenters. The number of hydrogen-bond donors (Lipinski definition) is 1. The van der Waals surface area contributed by atoms with Gasteiger partial charge in [-0.1, -0.05) is 23.9 Å². The fourth-order valence-corrected chi connectivity index (χ4v) is 2.29. The maximum Gasteiger partial charge on any atom is 0.405 e. The van der Waals surface area contributed by atoms with Gasteiger partial charge in [-0.15, -0.1) is 5.10 Å². The minimum Gasteiger partial charge on any atom is -0.346 e. The number of rotatable bonds is 5. The van der Waals surface area contributed by atoms with Crippen molar-refractivity contribution < 1.29 is 18.0 Å². The summed E-state index contributed by atoms with van der Waals surface area (Å²) in [6, 6.07) is 7.38. The molecule has 0 aliphatic rings.